The van der Waals surface area contributed by atoms with E-state index in [1.807, 2.05) is 0 Å². The van der Waals surface area contributed by atoms with Crippen LogP contribution in [0.2, 0.25) is 0 Å². The quantitative estimate of drug-likeness (QED) is 0.0261. The SMILES string of the molecule is CC/C=C\C/C=C\C/C=C\C/C=C\C/C=C\C/C=C\C/C=C\C/C=C\C/C=C\CCCCCCCCCC(=O)OCC(COC(=O)CCCCCCC/C=C\CCCCC)OC(=O)CCCCCCC/C=C\C/C=C\CCCCCC. The van der Waals surface area contributed by atoms with Crippen LogP contribution in [-0.4, -0.2) is 37.2 Å². The Morgan fingerprint density at radius 2 is 0.481 bits per heavy atom. The van der Waals surface area contributed by atoms with Gasteiger partial charge in [0.1, 0.15) is 13.2 Å². The lowest BCUT2D eigenvalue weighted by Gasteiger charge is -2.18. The van der Waals surface area contributed by atoms with Crippen LogP contribution >= 0.6 is 0 Å². The molecule has 0 aliphatic rings. The highest BCUT2D eigenvalue weighted by atomic mass is 16.6. The summed E-state index contributed by atoms with van der Waals surface area (Å²) in [5.74, 6) is -0.928. The van der Waals surface area contributed by atoms with Gasteiger partial charge in [-0.25, -0.2) is 0 Å². The number of rotatable bonds is 59. The third-order valence-electron chi connectivity index (χ3n) is 13.8. The molecule has 0 rings (SSSR count). The molecular weight excluding hydrogens is 997 g/mol. The maximum atomic E-state index is 12.9. The summed E-state index contributed by atoms with van der Waals surface area (Å²) in [6.45, 7) is 6.46. The number of hydrogen-bond donors (Lipinski definition) is 0. The average molecular weight is 1120 g/mol. The predicted molar refractivity (Wildman–Crippen MR) is 352 cm³/mol. The van der Waals surface area contributed by atoms with E-state index in [2.05, 4.69) is 167 Å². The number of carbonyl (C=O) groups is 3. The molecule has 0 aromatic carbocycles. The molecule has 0 aromatic heterocycles. The standard InChI is InChI=1S/C75H122O6/c1-4-7-10-13-16-19-22-25-27-29-30-31-32-33-34-35-36-37-38-39-40-41-42-43-44-45-46-47-49-50-53-56-59-62-65-68-74(77)80-71-72(70-79-73(76)67-64-61-58-55-52-24-21-18-15-12-9-6-3)81-75(78)69-66-63-60-57-54-51-48-28-26-23-20-17-14-11-8-5-2/h7,10,16,18-21,23,25,27-28,30-31,33-34,36-37,39-40,42-43,45-46,48,72H,4-6,8-9,11-15,17,22,24,26,29,32,35,38,41,44,47,49-71H2,1-3H3/b10-7-,19-16-,21-18-,23-20-,27-25-,31-30-,34-33-,37-36-,40-39-,43-42-,46-45-,48-28-. The second kappa shape index (κ2) is 67.8. The fourth-order valence-electron chi connectivity index (χ4n) is 8.81. The molecule has 0 aromatic rings. The zero-order chi connectivity index (χ0) is 58.5. The van der Waals surface area contributed by atoms with Gasteiger partial charge in [0, 0.05) is 19.3 Å². The molecule has 0 heterocycles. The van der Waals surface area contributed by atoms with Crippen molar-refractivity contribution in [2.75, 3.05) is 13.2 Å². The summed E-state index contributed by atoms with van der Waals surface area (Å²) in [7, 11) is 0. The zero-order valence-electron chi connectivity index (χ0n) is 52.5. The van der Waals surface area contributed by atoms with Gasteiger partial charge in [0.15, 0.2) is 6.10 Å². The molecular formula is C75H122O6. The summed E-state index contributed by atoms with van der Waals surface area (Å²) in [5, 5.41) is 0. The maximum Gasteiger partial charge on any atom is 0.306 e. The Labute approximate surface area is 499 Å². The average Bonchev–Trinajstić information content (AvgIpc) is 3.47. The Morgan fingerprint density at radius 1 is 0.259 bits per heavy atom. The minimum absolute atomic E-state index is 0.0946. The van der Waals surface area contributed by atoms with E-state index in [-0.39, 0.29) is 31.1 Å². The molecule has 0 aliphatic carbocycles. The van der Waals surface area contributed by atoms with Crippen molar-refractivity contribution in [1.29, 1.82) is 0 Å². The van der Waals surface area contributed by atoms with Crippen molar-refractivity contribution < 1.29 is 28.6 Å². The van der Waals surface area contributed by atoms with Crippen molar-refractivity contribution >= 4 is 17.9 Å². The van der Waals surface area contributed by atoms with Crippen molar-refractivity contribution in [2.24, 2.45) is 0 Å². The summed E-state index contributed by atoms with van der Waals surface area (Å²) in [6.07, 6.45) is 97.2. The second-order valence-electron chi connectivity index (χ2n) is 21.6. The largest absolute Gasteiger partial charge is 0.462 e. The third-order valence-corrected chi connectivity index (χ3v) is 13.8. The van der Waals surface area contributed by atoms with E-state index in [1.165, 1.54) is 89.9 Å². The van der Waals surface area contributed by atoms with E-state index in [4.69, 9.17) is 14.2 Å². The molecule has 1 unspecified atom stereocenters. The van der Waals surface area contributed by atoms with E-state index >= 15 is 0 Å². The van der Waals surface area contributed by atoms with Gasteiger partial charge in [0.2, 0.25) is 0 Å². The minimum Gasteiger partial charge on any atom is -0.462 e. The van der Waals surface area contributed by atoms with Gasteiger partial charge in [-0.1, -0.05) is 269 Å². The number of unbranched alkanes of at least 4 members (excludes halogenated alkanes) is 24. The van der Waals surface area contributed by atoms with Gasteiger partial charge in [0.25, 0.3) is 0 Å². The number of carbonyl (C=O) groups excluding carboxylic acids is 3. The molecule has 6 nitrogen and oxygen atoms in total. The molecule has 0 aliphatic heterocycles. The van der Waals surface area contributed by atoms with Crippen LogP contribution in [0, 0.1) is 0 Å². The van der Waals surface area contributed by atoms with Crippen molar-refractivity contribution in [3.8, 4) is 0 Å². The Hall–Kier alpha value is -4.71. The van der Waals surface area contributed by atoms with Crippen LogP contribution < -0.4 is 0 Å². The summed E-state index contributed by atoms with van der Waals surface area (Å²) in [5.41, 5.74) is 0. The molecule has 0 saturated carbocycles. The van der Waals surface area contributed by atoms with Crippen molar-refractivity contribution in [3.05, 3.63) is 146 Å². The van der Waals surface area contributed by atoms with E-state index < -0.39 is 6.10 Å². The van der Waals surface area contributed by atoms with Gasteiger partial charge in [-0.15, -0.1) is 0 Å². The van der Waals surface area contributed by atoms with Gasteiger partial charge in [0.05, 0.1) is 0 Å². The Kier molecular flexibility index (Phi) is 63.9. The highest BCUT2D eigenvalue weighted by molar-refractivity contribution is 5.71. The topological polar surface area (TPSA) is 78.9 Å². The van der Waals surface area contributed by atoms with Crippen molar-refractivity contribution in [1.82, 2.24) is 0 Å². The number of esters is 3. The van der Waals surface area contributed by atoms with Crippen LogP contribution in [0.1, 0.15) is 290 Å². The molecule has 81 heavy (non-hydrogen) atoms. The molecule has 0 amide bonds. The highest BCUT2D eigenvalue weighted by Crippen LogP contribution is 2.14. The Bertz CT molecular complexity index is 1760. The number of hydrogen-bond acceptors (Lipinski definition) is 6. The Balaban J connectivity index is 4.28. The summed E-state index contributed by atoms with van der Waals surface area (Å²) < 4.78 is 16.9. The molecule has 6 heteroatoms. The van der Waals surface area contributed by atoms with Crippen LogP contribution in [-0.2, 0) is 28.6 Å². The Morgan fingerprint density at radius 3 is 0.790 bits per heavy atom. The summed E-state index contributed by atoms with van der Waals surface area (Å²) in [4.78, 5) is 38.3. The normalized spacial score (nSPS) is 13.1. The molecule has 0 spiro atoms. The lowest BCUT2D eigenvalue weighted by atomic mass is 10.1. The molecule has 0 N–H and O–H groups in total. The lowest BCUT2D eigenvalue weighted by Crippen LogP contribution is -2.30. The monoisotopic (exact) mass is 1120 g/mol. The van der Waals surface area contributed by atoms with Gasteiger partial charge in [-0.2, -0.15) is 0 Å². The predicted octanol–water partition coefficient (Wildman–Crippen LogP) is 23.1. The van der Waals surface area contributed by atoms with Crippen molar-refractivity contribution in [3.63, 3.8) is 0 Å². The molecule has 0 fully saturated rings. The highest BCUT2D eigenvalue weighted by Gasteiger charge is 2.19. The zero-order valence-corrected chi connectivity index (χ0v) is 52.5. The fraction of sp³-hybridized carbons (Fsp3) is 0.640. The minimum atomic E-state index is -0.799. The van der Waals surface area contributed by atoms with E-state index in [1.54, 1.807) is 0 Å². The second-order valence-corrected chi connectivity index (χ2v) is 21.6. The van der Waals surface area contributed by atoms with Crippen LogP contribution in [0.5, 0.6) is 0 Å². The van der Waals surface area contributed by atoms with E-state index in [9.17, 15) is 14.4 Å². The van der Waals surface area contributed by atoms with Gasteiger partial charge >= 0.3 is 17.9 Å². The first kappa shape index (κ1) is 76.3. The van der Waals surface area contributed by atoms with Crippen LogP contribution in [0.4, 0.5) is 0 Å². The summed E-state index contributed by atoms with van der Waals surface area (Å²) in [6, 6.07) is 0. The van der Waals surface area contributed by atoms with Gasteiger partial charge in [-0.05, 0) is 148 Å². The first-order valence-corrected chi connectivity index (χ1v) is 33.3. The van der Waals surface area contributed by atoms with Crippen LogP contribution in [0.15, 0.2) is 146 Å². The van der Waals surface area contributed by atoms with Gasteiger partial charge < -0.3 is 14.2 Å². The molecule has 0 saturated heterocycles. The smallest absolute Gasteiger partial charge is 0.306 e. The maximum absolute atomic E-state index is 12.9. The molecule has 458 valence electrons. The number of allylic oxidation sites excluding steroid dienone is 24. The van der Waals surface area contributed by atoms with E-state index in [0.29, 0.717) is 19.3 Å². The molecule has 0 radical (unpaired) electrons. The molecule has 1 atom stereocenters. The third kappa shape index (κ3) is 66.0. The first-order chi connectivity index (χ1) is 40.0. The van der Waals surface area contributed by atoms with Crippen LogP contribution in [0.25, 0.3) is 0 Å². The number of ether oxygens (including phenoxy) is 3. The fourth-order valence-corrected chi connectivity index (χ4v) is 8.81. The molecule has 0 bridgehead atoms. The van der Waals surface area contributed by atoms with Crippen LogP contribution in [0.3, 0.4) is 0 Å². The van der Waals surface area contributed by atoms with E-state index in [0.717, 1.165) is 161 Å². The first-order valence-electron chi connectivity index (χ1n) is 33.3. The van der Waals surface area contributed by atoms with Gasteiger partial charge in [-0.3, -0.25) is 14.4 Å². The lowest BCUT2D eigenvalue weighted by molar-refractivity contribution is -0.167. The summed E-state index contributed by atoms with van der Waals surface area (Å²) >= 11 is 0. The van der Waals surface area contributed by atoms with Crippen molar-refractivity contribution in [2.45, 2.75) is 297 Å².